The summed E-state index contributed by atoms with van der Waals surface area (Å²) >= 11 is 0. The van der Waals surface area contributed by atoms with Crippen LogP contribution in [0, 0.1) is 0 Å². The Balaban J connectivity index is 1.66. The van der Waals surface area contributed by atoms with Gasteiger partial charge in [-0.3, -0.25) is 24.0 Å². The largest absolute Gasteiger partial charge is 0.432 e. The van der Waals surface area contributed by atoms with Gasteiger partial charge in [-0.05, 0) is 30.4 Å². The van der Waals surface area contributed by atoms with Crippen LogP contribution >= 0.6 is 0 Å². The van der Waals surface area contributed by atoms with Crippen LogP contribution in [0.1, 0.15) is 37.3 Å². The Labute approximate surface area is 221 Å². The van der Waals surface area contributed by atoms with Gasteiger partial charge in [-0.15, -0.1) is 0 Å². The first kappa shape index (κ1) is 26.8. The molecule has 0 aliphatic carbocycles. The molecule has 4 atom stereocenters. The molecule has 1 unspecified atom stereocenters. The van der Waals surface area contributed by atoms with E-state index in [1.54, 1.807) is 0 Å². The van der Waals surface area contributed by atoms with E-state index in [9.17, 15) is 24.0 Å². The lowest BCUT2D eigenvalue weighted by molar-refractivity contribution is -0.159. The van der Waals surface area contributed by atoms with Gasteiger partial charge in [0.1, 0.15) is 12.1 Å². The van der Waals surface area contributed by atoms with Crippen LogP contribution in [0.25, 0.3) is 0 Å². The zero-order valence-corrected chi connectivity index (χ0v) is 21.2. The van der Waals surface area contributed by atoms with Crippen LogP contribution in [0.5, 0.6) is 0 Å². The molecule has 2 aliphatic heterocycles. The summed E-state index contributed by atoms with van der Waals surface area (Å²) in [6, 6.07) is 16.2. The van der Waals surface area contributed by atoms with Crippen LogP contribution in [-0.4, -0.2) is 65.4 Å². The highest BCUT2D eigenvalue weighted by molar-refractivity contribution is 5.95. The summed E-state index contributed by atoms with van der Waals surface area (Å²) in [6.07, 6.45) is -0.188. The molecule has 4 amide bonds. The van der Waals surface area contributed by atoms with Crippen molar-refractivity contribution in [3.8, 4) is 0 Å². The lowest BCUT2D eigenvalue weighted by atomic mass is 10.0. The van der Waals surface area contributed by atoms with Gasteiger partial charge in [0.15, 0.2) is 0 Å². The Kier molecular flexibility index (Phi) is 8.73. The number of hydrogen-bond donors (Lipinski definition) is 3. The monoisotopic (exact) mass is 520 g/mol. The van der Waals surface area contributed by atoms with Gasteiger partial charge >= 0.3 is 5.97 Å². The number of esters is 1. The molecule has 2 aromatic rings. The van der Waals surface area contributed by atoms with Crippen LogP contribution in [0.15, 0.2) is 60.7 Å². The molecule has 38 heavy (non-hydrogen) atoms. The number of carbonyl (C=O) groups is 5. The van der Waals surface area contributed by atoms with Crippen molar-refractivity contribution in [2.45, 2.75) is 63.4 Å². The lowest BCUT2D eigenvalue weighted by Crippen LogP contribution is -2.57. The first-order chi connectivity index (χ1) is 18.3. The van der Waals surface area contributed by atoms with Gasteiger partial charge in [-0.1, -0.05) is 60.7 Å². The average molecular weight is 521 g/mol. The molecule has 0 bridgehead atoms. The molecule has 2 fully saturated rings. The molecule has 2 aromatic carbocycles. The van der Waals surface area contributed by atoms with Gasteiger partial charge in [0.05, 0.1) is 0 Å². The summed E-state index contributed by atoms with van der Waals surface area (Å²) in [6.45, 7) is 1.47. The standard InChI is InChI=1S/C28H32N4O6/c1-18(33)38-27-26(36)29-21(15-19-9-4-2-5-10-19)17-24(34)30-22(16-20-11-6-3-7-12-20)28(37)32-14-8-13-23(32)25(35)31-27/h2-7,9-12,21-23,27H,8,13-17H2,1H3,(H,29,36)(H,30,34)(H,31,35)/t21-,22-,23+,27?/m0/s1. The van der Waals surface area contributed by atoms with Crippen molar-refractivity contribution in [2.75, 3.05) is 6.54 Å². The van der Waals surface area contributed by atoms with E-state index in [1.165, 1.54) is 4.90 Å². The Morgan fingerprint density at radius 3 is 2.13 bits per heavy atom. The number of ether oxygens (including phenoxy) is 1. The van der Waals surface area contributed by atoms with Crippen LogP contribution in [0.4, 0.5) is 0 Å². The van der Waals surface area contributed by atoms with E-state index < -0.39 is 48.0 Å². The van der Waals surface area contributed by atoms with Crippen molar-refractivity contribution in [1.82, 2.24) is 20.9 Å². The van der Waals surface area contributed by atoms with E-state index in [0.717, 1.165) is 18.1 Å². The number of amides is 4. The van der Waals surface area contributed by atoms with E-state index in [0.29, 0.717) is 25.8 Å². The number of nitrogens with one attached hydrogen (secondary N) is 3. The Hall–Kier alpha value is -4.21. The smallest absolute Gasteiger partial charge is 0.304 e. The Bertz CT molecular complexity index is 1170. The van der Waals surface area contributed by atoms with Crippen molar-refractivity contribution in [3.63, 3.8) is 0 Å². The van der Waals surface area contributed by atoms with Gasteiger partial charge in [-0.25, -0.2) is 0 Å². The predicted molar refractivity (Wildman–Crippen MR) is 137 cm³/mol. The van der Waals surface area contributed by atoms with Crippen molar-refractivity contribution in [1.29, 1.82) is 0 Å². The molecule has 10 heteroatoms. The first-order valence-corrected chi connectivity index (χ1v) is 12.8. The summed E-state index contributed by atoms with van der Waals surface area (Å²) in [5, 5.41) is 8.11. The third-order valence-corrected chi connectivity index (χ3v) is 6.65. The number of benzene rings is 2. The molecule has 0 aromatic heterocycles. The molecule has 2 heterocycles. The molecule has 200 valence electrons. The highest BCUT2D eigenvalue weighted by Crippen LogP contribution is 2.21. The maximum absolute atomic E-state index is 13.7. The van der Waals surface area contributed by atoms with Gasteiger partial charge in [-0.2, -0.15) is 0 Å². The molecular formula is C28H32N4O6. The fourth-order valence-electron chi connectivity index (χ4n) is 4.92. The average Bonchev–Trinajstić information content (AvgIpc) is 3.38. The number of rotatable bonds is 5. The molecule has 2 aliphatic rings. The van der Waals surface area contributed by atoms with Gasteiger partial charge in [0.25, 0.3) is 12.1 Å². The van der Waals surface area contributed by atoms with Gasteiger partial charge in [0.2, 0.25) is 17.7 Å². The number of nitrogens with zero attached hydrogens (tertiary/aromatic N) is 1. The zero-order valence-electron chi connectivity index (χ0n) is 21.2. The second kappa shape index (κ2) is 12.4. The molecule has 0 saturated carbocycles. The van der Waals surface area contributed by atoms with Gasteiger partial charge in [0, 0.05) is 32.4 Å². The highest BCUT2D eigenvalue weighted by atomic mass is 16.6. The molecule has 3 N–H and O–H groups in total. The van der Waals surface area contributed by atoms with Gasteiger partial charge < -0.3 is 25.6 Å². The predicted octanol–water partition coefficient (Wildman–Crippen LogP) is 0.842. The minimum absolute atomic E-state index is 0.122. The van der Waals surface area contributed by atoms with Crippen molar-refractivity contribution >= 4 is 29.6 Å². The van der Waals surface area contributed by atoms with Crippen LogP contribution < -0.4 is 16.0 Å². The molecule has 4 rings (SSSR count). The highest BCUT2D eigenvalue weighted by Gasteiger charge is 2.40. The summed E-state index contributed by atoms with van der Waals surface area (Å²) in [5.74, 6) is -2.89. The summed E-state index contributed by atoms with van der Waals surface area (Å²) in [7, 11) is 0. The molecule has 10 nitrogen and oxygen atoms in total. The van der Waals surface area contributed by atoms with Crippen LogP contribution in [0.2, 0.25) is 0 Å². The maximum Gasteiger partial charge on any atom is 0.304 e. The molecule has 0 radical (unpaired) electrons. The second-order valence-electron chi connectivity index (χ2n) is 9.60. The number of hydrogen-bond acceptors (Lipinski definition) is 6. The van der Waals surface area contributed by atoms with Crippen molar-refractivity contribution in [2.24, 2.45) is 0 Å². The summed E-state index contributed by atoms with van der Waals surface area (Å²) in [5.41, 5.74) is 1.74. The topological polar surface area (TPSA) is 134 Å². The number of carbonyl (C=O) groups excluding carboxylic acids is 5. The molecular weight excluding hydrogens is 488 g/mol. The van der Waals surface area contributed by atoms with Crippen LogP contribution in [0.3, 0.4) is 0 Å². The fourth-order valence-corrected chi connectivity index (χ4v) is 4.92. The van der Waals surface area contributed by atoms with E-state index in [4.69, 9.17) is 4.74 Å². The van der Waals surface area contributed by atoms with E-state index in [-0.39, 0.29) is 18.7 Å². The lowest BCUT2D eigenvalue weighted by Gasteiger charge is -2.29. The van der Waals surface area contributed by atoms with E-state index in [2.05, 4.69) is 16.0 Å². The molecule has 0 spiro atoms. The van der Waals surface area contributed by atoms with E-state index >= 15 is 0 Å². The Morgan fingerprint density at radius 2 is 1.50 bits per heavy atom. The number of fused-ring (bicyclic) bond motifs is 1. The minimum atomic E-state index is -1.60. The third-order valence-electron chi connectivity index (χ3n) is 6.65. The van der Waals surface area contributed by atoms with Crippen LogP contribution in [-0.2, 0) is 41.6 Å². The van der Waals surface area contributed by atoms with E-state index in [1.807, 2.05) is 60.7 Å². The maximum atomic E-state index is 13.7. The normalized spacial score (nSPS) is 24.6. The second-order valence-corrected chi connectivity index (χ2v) is 9.60. The quantitative estimate of drug-likeness (QED) is 0.501. The fraction of sp³-hybridized carbons (Fsp3) is 0.393. The Morgan fingerprint density at radius 1 is 0.868 bits per heavy atom. The summed E-state index contributed by atoms with van der Waals surface area (Å²) in [4.78, 5) is 66.5. The van der Waals surface area contributed by atoms with Crippen molar-refractivity contribution < 1.29 is 28.7 Å². The SMILES string of the molecule is CC(=O)OC1NC(=O)[C@H]2CCCN2C(=O)[C@H](Cc2ccccc2)NC(=O)C[C@H](Cc2ccccc2)NC1=O. The zero-order chi connectivity index (χ0) is 27.1. The minimum Gasteiger partial charge on any atom is -0.432 e. The third kappa shape index (κ3) is 6.96. The van der Waals surface area contributed by atoms with Crippen molar-refractivity contribution in [3.05, 3.63) is 71.8 Å². The summed E-state index contributed by atoms with van der Waals surface area (Å²) < 4.78 is 5.12. The molecule has 2 saturated heterocycles. The first-order valence-electron chi connectivity index (χ1n) is 12.8.